The van der Waals surface area contributed by atoms with E-state index >= 15 is 0 Å². The summed E-state index contributed by atoms with van der Waals surface area (Å²) in [5.74, 6) is 0.256. The highest BCUT2D eigenvalue weighted by atomic mass is 32.1. The maximum absolute atomic E-state index is 12.7. The number of anilines is 1. The molecule has 0 saturated carbocycles. The molecule has 6 heteroatoms. The summed E-state index contributed by atoms with van der Waals surface area (Å²) in [6.45, 7) is 10.8. The first-order chi connectivity index (χ1) is 13.1. The summed E-state index contributed by atoms with van der Waals surface area (Å²) in [7, 11) is 1.58. The number of benzene rings is 1. The summed E-state index contributed by atoms with van der Waals surface area (Å²) in [4.78, 5) is 26.1. The van der Waals surface area contributed by atoms with Gasteiger partial charge in [0.05, 0.1) is 19.3 Å². The van der Waals surface area contributed by atoms with Crippen molar-refractivity contribution < 1.29 is 19.1 Å². The standard InChI is InChI=1S/C22H29NO4S/c1-7-27-21(25)17-12-18(14(2)13-22(3,4)5)28-20(17)23-19(24)15-8-10-16(26-6)11-9-15/h8-12,14H,7,13H2,1-6H3,(H,23,24). The van der Waals surface area contributed by atoms with Crippen LogP contribution in [0.15, 0.2) is 30.3 Å². The van der Waals surface area contributed by atoms with Gasteiger partial charge in [-0.25, -0.2) is 4.79 Å². The molecule has 28 heavy (non-hydrogen) atoms. The highest BCUT2D eigenvalue weighted by Gasteiger charge is 2.24. The van der Waals surface area contributed by atoms with Crippen LogP contribution in [0.3, 0.4) is 0 Å². The number of hydrogen-bond acceptors (Lipinski definition) is 5. The fourth-order valence-corrected chi connectivity index (χ4v) is 4.14. The molecule has 1 aromatic carbocycles. The van der Waals surface area contributed by atoms with Crippen molar-refractivity contribution in [3.05, 3.63) is 46.3 Å². The number of ether oxygens (including phenoxy) is 2. The number of rotatable bonds is 7. The average molecular weight is 404 g/mol. The van der Waals surface area contributed by atoms with Crippen molar-refractivity contribution in [1.82, 2.24) is 0 Å². The Morgan fingerprint density at radius 1 is 1.18 bits per heavy atom. The summed E-state index contributed by atoms with van der Waals surface area (Å²) < 4.78 is 10.3. The summed E-state index contributed by atoms with van der Waals surface area (Å²) in [5.41, 5.74) is 1.07. The number of carbonyl (C=O) groups excluding carboxylic acids is 2. The minimum atomic E-state index is -0.419. The van der Waals surface area contributed by atoms with E-state index in [1.165, 1.54) is 11.3 Å². The van der Waals surface area contributed by atoms with Crippen molar-refractivity contribution in [2.45, 2.75) is 47.0 Å². The van der Waals surface area contributed by atoms with Gasteiger partial charge in [-0.3, -0.25) is 4.79 Å². The van der Waals surface area contributed by atoms with Gasteiger partial charge < -0.3 is 14.8 Å². The van der Waals surface area contributed by atoms with Crippen LogP contribution in [0.5, 0.6) is 5.75 Å². The second kappa shape index (κ2) is 9.24. The van der Waals surface area contributed by atoms with Crippen LogP contribution < -0.4 is 10.1 Å². The minimum Gasteiger partial charge on any atom is -0.497 e. The van der Waals surface area contributed by atoms with Gasteiger partial charge in [0.25, 0.3) is 5.91 Å². The molecule has 2 aromatic rings. The van der Waals surface area contributed by atoms with Crippen LogP contribution in [0.1, 0.15) is 72.6 Å². The number of amides is 1. The van der Waals surface area contributed by atoms with E-state index in [1.807, 2.05) is 6.07 Å². The van der Waals surface area contributed by atoms with Gasteiger partial charge in [-0.15, -0.1) is 11.3 Å². The van der Waals surface area contributed by atoms with Gasteiger partial charge in [-0.05, 0) is 55.0 Å². The number of thiophene rings is 1. The molecule has 0 aliphatic rings. The Morgan fingerprint density at radius 3 is 2.36 bits per heavy atom. The van der Waals surface area contributed by atoms with Crippen molar-refractivity contribution in [2.24, 2.45) is 5.41 Å². The summed E-state index contributed by atoms with van der Waals surface area (Å²) in [6.07, 6.45) is 0.974. The number of esters is 1. The maximum Gasteiger partial charge on any atom is 0.341 e. The van der Waals surface area contributed by atoms with E-state index in [0.29, 0.717) is 21.9 Å². The van der Waals surface area contributed by atoms with Crippen molar-refractivity contribution in [3.63, 3.8) is 0 Å². The second-order valence-corrected chi connectivity index (χ2v) is 9.04. The molecule has 1 aromatic heterocycles. The summed E-state index contributed by atoms with van der Waals surface area (Å²) in [6, 6.07) is 8.69. The van der Waals surface area contributed by atoms with Gasteiger partial charge in [-0.1, -0.05) is 27.7 Å². The molecule has 152 valence electrons. The monoisotopic (exact) mass is 403 g/mol. The molecule has 0 bridgehead atoms. The lowest BCUT2D eigenvalue weighted by Gasteiger charge is -2.22. The first kappa shape index (κ1) is 22.0. The topological polar surface area (TPSA) is 64.6 Å². The molecule has 2 rings (SSSR count). The highest BCUT2D eigenvalue weighted by molar-refractivity contribution is 7.16. The molecule has 0 fully saturated rings. The summed E-state index contributed by atoms with van der Waals surface area (Å²) >= 11 is 1.44. The summed E-state index contributed by atoms with van der Waals surface area (Å²) in [5, 5.41) is 3.40. The Hall–Kier alpha value is -2.34. The van der Waals surface area contributed by atoms with E-state index in [2.05, 4.69) is 33.0 Å². The SMILES string of the molecule is CCOC(=O)c1cc(C(C)CC(C)(C)C)sc1NC(=O)c1ccc(OC)cc1. The molecule has 1 heterocycles. The van der Waals surface area contributed by atoms with Crippen LogP contribution in [-0.2, 0) is 4.74 Å². The van der Waals surface area contributed by atoms with E-state index in [1.54, 1.807) is 38.3 Å². The number of methoxy groups -OCH3 is 1. The zero-order valence-electron chi connectivity index (χ0n) is 17.4. The predicted octanol–water partition coefficient (Wildman–Crippen LogP) is 5.73. The second-order valence-electron chi connectivity index (χ2n) is 7.96. The van der Waals surface area contributed by atoms with Crippen LogP contribution in [0, 0.1) is 5.41 Å². The third-order valence-electron chi connectivity index (χ3n) is 4.23. The molecule has 1 N–H and O–H groups in total. The zero-order valence-corrected chi connectivity index (χ0v) is 18.2. The smallest absolute Gasteiger partial charge is 0.341 e. The normalized spacial score (nSPS) is 12.4. The van der Waals surface area contributed by atoms with Gasteiger partial charge >= 0.3 is 5.97 Å². The predicted molar refractivity (Wildman–Crippen MR) is 114 cm³/mol. The van der Waals surface area contributed by atoms with Crippen molar-refractivity contribution >= 4 is 28.2 Å². The molecule has 0 aliphatic heterocycles. The Bertz CT molecular complexity index is 818. The number of carbonyl (C=O) groups is 2. The average Bonchev–Trinajstić information content (AvgIpc) is 3.04. The third-order valence-corrected chi connectivity index (χ3v) is 5.51. The largest absolute Gasteiger partial charge is 0.497 e. The first-order valence-electron chi connectivity index (χ1n) is 9.41. The lowest BCUT2D eigenvalue weighted by Crippen LogP contribution is -2.14. The molecule has 1 atom stereocenters. The van der Waals surface area contributed by atoms with Crippen LogP contribution in [0.2, 0.25) is 0 Å². The maximum atomic E-state index is 12.7. The van der Waals surface area contributed by atoms with Crippen LogP contribution in [0.25, 0.3) is 0 Å². The van der Waals surface area contributed by atoms with E-state index in [9.17, 15) is 9.59 Å². The van der Waals surface area contributed by atoms with E-state index in [0.717, 1.165) is 11.3 Å². The molecule has 5 nitrogen and oxygen atoms in total. The quantitative estimate of drug-likeness (QED) is 0.600. The van der Waals surface area contributed by atoms with Crippen molar-refractivity contribution in [3.8, 4) is 5.75 Å². The third kappa shape index (κ3) is 5.83. The van der Waals surface area contributed by atoms with Gasteiger partial charge in [0.2, 0.25) is 0 Å². The van der Waals surface area contributed by atoms with Crippen LogP contribution in [0.4, 0.5) is 5.00 Å². The van der Waals surface area contributed by atoms with Crippen LogP contribution >= 0.6 is 11.3 Å². The van der Waals surface area contributed by atoms with Crippen molar-refractivity contribution in [2.75, 3.05) is 19.0 Å². The van der Waals surface area contributed by atoms with E-state index < -0.39 is 5.97 Å². The highest BCUT2D eigenvalue weighted by Crippen LogP contribution is 2.38. The Labute approximate surface area is 171 Å². The van der Waals surface area contributed by atoms with Crippen LogP contribution in [-0.4, -0.2) is 25.6 Å². The lowest BCUT2D eigenvalue weighted by molar-refractivity contribution is 0.0528. The molecule has 0 aliphatic carbocycles. The van der Waals surface area contributed by atoms with Crippen molar-refractivity contribution in [1.29, 1.82) is 0 Å². The minimum absolute atomic E-state index is 0.167. The number of nitrogens with one attached hydrogen (secondary N) is 1. The fraction of sp³-hybridized carbons (Fsp3) is 0.455. The molecular formula is C22H29NO4S. The van der Waals surface area contributed by atoms with E-state index in [-0.39, 0.29) is 23.8 Å². The zero-order chi connectivity index (χ0) is 20.9. The molecule has 0 saturated heterocycles. The number of hydrogen-bond donors (Lipinski definition) is 1. The van der Waals surface area contributed by atoms with Gasteiger partial charge in [0.15, 0.2) is 0 Å². The molecule has 0 radical (unpaired) electrons. The molecule has 1 unspecified atom stereocenters. The van der Waals surface area contributed by atoms with Gasteiger partial charge in [0, 0.05) is 10.4 Å². The molecular weight excluding hydrogens is 374 g/mol. The molecule has 1 amide bonds. The first-order valence-corrected chi connectivity index (χ1v) is 10.2. The van der Waals surface area contributed by atoms with E-state index in [4.69, 9.17) is 9.47 Å². The Morgan fingerprint density at radius 2 is 1.82 bits per heavy atom. The lowest BCUT2D eigenvalue weighted by atomic mass is 9.85. The fourth-order valence-electron chi connectivity index (χ4n) is 3.04. The van der Waals surface area contributed by atoms with Gasteiger partial charge in [-0.2, -0.15) is 0 Å². The molecule has 0 spiro atoms. The van der Waals surface area contributed by atoms with Gasteiger partial charge in [0.1, 0.15) is 10.8 Å². The Balaban J connectivity index is 2.29. The Kier molecular flexibility index (Phi) is 7.24.